The molecule has 0 aromatic heterocycles. The molecule has 0 aliphatic carbocycles. The molecule has 0 bridgehead atoms. The normalized spacial score (nSPS) is 16.2. The van der Waals surface area contributed by atoms with E-state index < -0.39 is 18.0 Å². The van der Waals surface area contributed by atoms with E-state index in [2.05, 4.69) is 5.32 Å². The van der Waals surface area contributed by atoms with Crippen molar-refractivity contribution in [1.29, 1.82) is 0 Å². The molecule has 1 aromatic rings. The Morgan fingerprint density at radius 2 is 2.21 bits per heavy atom. The Morgan fingerprint density at radius 3 is 2.84 bits per heavy atom. The van der Waals surface area contributed by atoms with Gasteiger partial charge in [0.25, 0.3) is 0 Å². The van der Waals surface area contributed by atoms with Crippen LogP contribution in [0.5, 0.6) is 0 Å². The highest BCUT2D eigenvalue weighted by Crippen LogP contribution is 2.33. The monoisotopic (exact) mass is 289 g/mol. The number of carbonyl (C=O) groups excluding carboxylic acids is 1. The van der Waals surface area contributed by atoms with Gasteiger partial charge in [-0.1, -0.05) is 19.1 Å². The van der Waals surface area contributed by atoms with Gasteiger partial charge in [0, 0.05) is 16.2 Å². The summed E-state index contributed by atoms with van der Waals surface area (Å²) in [5.41, 5.74) is 1.23. The SMILES string of the molecule is CCNC(C(=O)c1ccc2c(c1)SCC2)C(F)(F)F. The van der Waals surface area contributed by atoms with Gasteiger partial charge in [-0.15, -0.1) is 11.8 Å². The summed E-state index contributed by atoms with van der Waals surface area (Å²) in [5, 5.41) is 2.21. The molecule has 1 aromatic carbocycles. The zero-order valence-corrected chi connectivity index (χ0v) is 11.2. The predicted octanol–water partition coefficient (Wildman–Crippen LogP) is 3.06. The number of thioether (sulfide) groups is 1. The van der Waals surface area contributed by atoms with Gasteiger partial charge in [-0.25, -0.2) is 0 Å². The number of halogens is 3. The average Bonchev–Trinajstić information content (AvgIpc) is 2.80. The van der Waals surface area contributed by atoms with Crippen LogP contribution in [0, 0.1) is 0 Å². The summed E-state index contributed by atoms with van der Waals surface area (Å²) in [6.45, 7) is 1.64. The van der Waals surface area contributed by atoms with E-state index in [-0.39, 0.29) is 12.1 Å². The van der Waals surface area contributed by atoms with Gasteiger partial charge >= 0.3 is 6.18 Å². The van der Waals surface area contributed by atoms with E-state index in [0.717, 1.165) is 22.6 Å². The molecule has 0 spiro atoms. The van der Waals surface area contributed by atoms with Gasteiger partial charge in [0.1, 0.15) is 0 Å². The molecule has 0 fully saturated rings. The Balaban J connectivity index is 2.27. The summed E-state index contributed by atoms with van der Waals surface area (Å²) in [6, 6.07) is 2.69. The van der Waals surface area contributed by atoms with Crippen molar-refractivity contribution in [1.82, 2.24) is 5.32 Å². The van der Waals surface area contributed by atoms with E-state index in [4.69, 9.17) is 0 Å². The Bertz CT molecular complexity index is 487. The average molecular weight is 289 g/mol. The minimum Gasteiger partial charge on any atom is -0.300 e. The summed E-state index contributed by atoms with van der Waals surface area (Å²) in [4.78, 5) is 12.9. The standard InChI is InChI=1S/C13H14F3NOS/c1-2-17-12(13(14,15)16)11(18)9-4-3-8-5-6-19-10(8)7-9/h3-4,7,12,17H,2,5-6H2,1H3. The van der Waals surface area contributed by atoms with Crippen LogP contribution in [0.1, 0.15) is 22.8 Å². The van der Waals surface area contributed by atoms with Crippen molar-refractivity contribution in [3.63, 3.8) is 0 Å². The first-order chi connectivity index (χ1) is 8.93. The lowest BCUT2D eigenvalue weighted by atomic mass is 10.0. The molecule has 1 N–H and O–H groups in total. The molecular formula is C13H14F3NOS. The van der Waals surface area contributed by atoms with Gasteiger partial charge in [0.2, 0.25) is 0 Å². The Labute approximate surface area is 113 Å². The fourth-order valence-electron chi connectivity index (χ4n) is 2.05. The number of hydrogen-bond donors (Lipinski definition) is 1. The first kappa shape index (κ1) is 14.4. The van der Waals surface area contributed by atoms with Gasteiger partial charge < -0.3 is 0 Å². The molecule has 19 heavy (non-hydrogen) atoms. The largest absolute Gasteiger partial charge is 0.411 e. The predicted molar refractivity (Wildman–Crippen MR) is 68.7 cm³/mol. The lowest BCUT2D eigenvalue weighted by molar-refractivity contribution is -0.144. The fourth-order valence-corrected chi connectivity index (χ4v) is 3.16. The fraction of sp³-hybridized carbons (Fsp3) is 0.462. The zero-order valence-electron chi connectivity index (χ0n) is 10.4. The minimum atomic E-state index is -4.57. The van der Waals surface area contributed by atoms with Crippen LogP contribution in [0.15, 0.2) is 23.1 Å². The third-order valence-electron chi connectivity index (χ3n) is 2.98. The van der Waals surface area contributed by atoms with Crippen LogP contribution in [0.4, 0.5) is 13.2 Å². The van der Waals surface area contributed by atoms with Crippen molar-refractivity contribution in [2.24, 2.45) is 0 Å². The second-order valence-electron chi connectivity index (χ2n) is 4.32. The number of likely N-dealkylation sites (N-methyl/N-ethyl adjacent to an activating group) is 1. The molecule has 1 heterocycles. The number of ketones is 1. The van der Waals surface area contributed by atoms with Crippen LogP contribution in [0.2, 0.25) is 0 Å². The second kappa shape index (κ2) is 5.54. The molecule has 0 saturated heterocycles. The van der Waals surface area contributed by atoms with Crippen LogP contribution in [0.25, 0.3) is 0 Å². The number of rotatable bonds is 4. The molecule has 1 unspecified atom stereocenters. The van der Waals surface area contributed by atoms with Crippen molar-refractivity contribution in [2.75, 3.05) is 12.3 Å². The molecule has 2 rings (SSSR count). The van der Waals surface area contributed by atoms with Gasteiger partial charge in [-0.2, -0.15) is 13.2 Å². The molecule has 1 aliphatic rings. The summed E-state index contributed by atoms with van der Waals surface area (Å²) in [5.74, 6) is 0.00717. The van der Waals surface area contributed by atoms with Gasteiger partial charge in [-0.3, -0.25) is 10.1 Å². The van der Waals surface area contributed by atoms with Crippen molar-refractivity contribution in [3.05, 3.63) is 29.3 Å². The van der Waals surface area contributed by atoms with E-state index in [9.17, 15) is 18.0 Å². The smallest absolute Gasteiger partial charge is 0.300 e. The van der Waals surface area contributed by atoms with Gasteiger partial charge in [0.05, 0.1) is 0 Å². The summed E-state index contributed by atoms with van der Waals surface area (Å²) >= 11 is 1.58. The Hall–Kier alpha value is -1.01. The number of Topliss-reactive ketones (excluding diaryl/α,β-unsaturated/α-hetero) is 1. The van der Waals surface area contributed by atoms with Gasteiger partial charge in [-0.05, 0) is 24.6 Å². The molecule has 1 atom stereocenters. The molecule has 2 nitrogen and oxygen atoms in total. The zero-order chi connectivity index (χ0) is 14.0. The highest BCUT2D eigenvalue weighted by atomic mass is 32.2. The Morgan fingerprint density at radius 1 is 1.47 bits per heavy atom. The quantitative estimate of drug-likeness (QED) is 0.864. The summed E-state index contributed by atoms with van der Waals surface area (Å²) in [6.07, 6.45) is -3.66. The maximum atomic E-state index is 12.8. The minimum absolute atomic E-state index is 0.0929. The lowest BCUT2D eigenvalue weighted by Gasteiger charge is -2.20. The first-order valence-electron chi connectivity index (χ1n) is 6.03. The van der Waals surface area contributed by atoms with Crippen molar-refractivity contribution >= 4 is 17.5 Å². The van der Waals surface area contributed by atoms with Crippen LogP contribution < -0.4 is 5.32 Å². The number of benzene rings is 1. The van der Waals surface area contributed by atoms with E-state index in [0.29, 0.717) is 0 Å². The van der Waals surface area contributed by atoms with E-state index >= 15 is 0 Å². The van der Waals surface area contributed by atoms with E-state index in [1.807, 2.05) is 0 Å². The molecule has 0 saturated carbocycles. The maximum absolute atomic E-state index is 12.8. The van der Waals surface area contributed by atoms with Crippen molar-refractivity contribution < 1.29 is 18.0 Å². The van der Waals surface area contributed by atoms with Crippen LogP contribution in [-0.4, -0.2) is 30.3 Å². The highest BCUT2D eigenvalue weighted by molar-refractivity contribution is 7.99. The van der Waals surface area contributed by atoms with E-state index in [1.54, 1.807) is 30.8 Å². The number of nitrogens with one attached hydrogen (secondary N) is 1. The molecule has 6 heteroatoms. The van der Waals surface area contributed by atoms with Crippen molar-refractivity contribution in [2.45, 2.75) is 30.5 Å². The first-order valence-corrected chi connectivity index (χ1v) is 7.02. The third-order valence-corrected chi connectivity index (χ3v) is 4.08. The number of carbonyl (C=O) groups is 1. The van der Waals surface area contributed by atoms with E-state index in [1.165, 1.54) is 6.07 Å². The van der Waals surface area contributed by atoms with Crippen molar-refractivity contribution in [3.8, 4) is 0 Å². The number of aryl methyl sites for hydroxylation is 1. The molecule has 1 aliphatic heterocycles. The number of hydrogen-bond acceptors (Lipinski definition) is 3. The van der Waals surface area contributed by atoms with Gasteiger partial charge in [0.15, 0.2) is 11.8 Å². The van der Waals surface area contributed by atoms with Crippen LogP contribution in [-0.2, 0) is 6.42 Å². The lowest BCUT2D eigenvalue weighted by Crippen LogP contribution is -2.48. The second-order valence-corrected chi connectivity index (χ2v) is 5.45. The Kier molecular flexibility index (Phi) is 4.20. The third kappa shape index (κ3) is 3.12. The van der Waals surface area contributed by atoms with Crippen LogP contribution >= 0.6 is 11.8 Å². The summed E-state index contributed by atoms with van der Waals surface area (Å²) in [7, 11) is 0. The topological polar surface area (TPSA) is 29.1 Å². The maximum Gasteiger partial charge on any atom is 0.411 e. The number of fused-ring (bicyclic) bond motifs is 1. The molecule has 104 valence electrons. The van der Waals surface area contributed by atoms with Crippen LogP contribution in [0.3, 0.4) is 0 Å². The molecule has 0 amide bonds. The number of alkyl halides is 3. The highest BCUT2D eigenvalue weighted by Gasteiger charge is 2.44. The molecular weight excluding hydrogens is 275 g/mol. The molecule has 0 radical (unpaired) electrons. The summed E-state index contributed by atoms with van der Waals surface area (Å²) < 4.78 is 38.5.